The molecule has 0 unspecified atom stereocenters. The Bertz CT molecular complexity index is 1230. The number of nitrogens with zero attached hydrogens (tertiary/aromatic N) is 3. The molecule has 7 heteroatoms. The molecule has 1 aliphatic rings. The zero-order valence-electron chi connectivity index (χ0n) is 20.5. The van der Waals surface area contributed by atoms with Gasteiger partial charge in [-0.05, 0) is 55.3 Å². The molecule has 0 aliphatic carbocycles. The van der Waals surface area contributed by atoms with Gasteiger partial charge in [0.2, 0.25) is 0 Å². The fourth-order valence-corrected chi connectivity index (χ4v) is 5.45. The second-order valence-electron chi connectivity index (χ2n) is 8.64. The number of amides is 1. The lowest BCUT2D eigenvalue weighted by Crippen LogP contribution is -2.29. The number of carbonyl (C=O) groups excluding carboxylic acids is 1. The van der Waals surface area contributed by atoms with E-state index in [0.717, 1.165) is 46.7 Å². The van der Waals surface area contributed by atoms with Crippen LogP contribution in [0.15, 0.2) is 59.6 Å². The minimum Gasteiger partial charge on any atom is -0.497 e. The number of unbranched alkanes of at least 4 members (excludes halogenated alkanes) is 4. The summed E-state index contributed by atoms with van der Waals surface area (Å²) in [5.74, 6) is 0.787. The summed E-state index contributed by atoms with van der Waals surface area (Å²) in [5, 5.41) is 4.91. The number of aryl methyl sites for hydroxylation is 1. The van der Waals surface area contributed by atoms with E-state index in [1.165, 1.54) is 31.0 Å². The second-order valence-corrected chi connectivity index (χ2v) is 10.3. The Hall–Kier alpha value is -2.90. The highest BCUT2D eigenvalue weighted by Gasteiger charge is 2.32. The quantitative estimate of drug-likeness (QED) is 0.168. The molecule has 2 heterocycles. The van der Waals surface area contributed by atoms with Crippen molar-refractivity contribution in [3.8, 4) is 22.7 Å². The molecule has 0 atom stereocenters. The topological polar surface area (TPSA) is 47.4 Å². The number of methoxy groups -OCH3 is 1. The normalized spacial score (nSPS) is 14.8. The van der Waals surface area contributed by atoms with Crippen molar-refractivity contribution in [1.82, 2.24) is 14.7 Å². The molecule has 3 aromatic rings. The molecule has 2 aromatic carbocycles. The van der Waals surface area contributed by atoms with Crippen LogP contribution in [0.1, 0.15) is 50.2 Å². The summed E-state index contributed by atoms with van der Waals surface area (Å²) in [6.07, 6.45) is 9.64. The van der Waals surface area contributed by atoms with Crippen molar-refractivity contribution >= 4 is 40.3 Å². The lowest BCUT2D eigenvalue weighted by Gasteiger charge is -2.13. The molecule has 0 radical (unpaired) electrons. The van der Waals surface area contributed by atoms with Crippen molar-refractivity contribution in [2.45, 2.75) is 46.0 Å². The van der Waals surface area contributed by atoms with E-state index < -0.39 is 0 Å². The van der Waals surface area contributed by atoms with Crippen LogP contribution in [0.4, 0.5) is 0 Å². The van der Waals surface area contributed by atoms with Crippen molar-refractivity contribution in [1.29, 1.82) is 0 Å². The molecule has 0 N–H and O–H groups in total. The van der Waals surface area contributed by atoms with Crippen LogP contribution in [0.3, 0.4) is 0 Å². The second kappa shape index (κ2) is 11.7. The van der Waals surface area contributed by atoms with E-state index in [4.69, 9.17) is 22.1 Å². The molecule has 182 valence electrons. The minimum absolute atomic E-state index is 0.0136. The highest BCUT2D eigenvalue weighted by Crippen LogP contribution is 2.36. The first-order chi connectivity index (χ1) is 17.0. The van der Waals surface area contributed by atoms with Gasteiger partial charge in [-0.2, -0.15) is 5.10 Å². The average molecular weight is 506 g/mol. The number of para-hydroxylation sites is 1. The van der Waals surface area contributed by atoms with E-state index in [-0.39, 0.29) is 5.91 Å². The van der Waals surface area contributed by atoms with E-state index in [1.54, 1.807) is 12.0 Å². The standard InChI is InChI=1S/C28H31N3O2S2/c1-4-5-6-7-11-16-30-27(32)25(35-28(30)34)18-21-19-31(22-12-9-8-10-13-22)29-26(21)24-15-14-23(33-3)17-20(24)2/h8-10,12-15,17-19H,4-7,11,16H2,1-3H3/b25-18-. The van der Waals surface area contributed by atoms with Gasteiger partial charge >= 0.3 is 0 Å². The molecular formula is C28H31N3O2S2. The molecule has 0 bridgehead atoms. The van der Waals surface area contributed by atoms with Gasteiger partial charge in [0.25, 0.3) is 5.91 Å². The monoisotopic (exact) mass is 505 g/mol. The van der Waals surface area contributed by atoms with Gasteiger partial charge in [0.05, 0.1) is 17.7 Å². The lowest BCUT2D eigenvalue weighted by molar-refractivity contribution is -0.122. The van der Waals surface area contributed by atoms with Crippen LogP contribution in [0.2, 0.25) is 0 Å². The fourth-order valence-electron chi connectivity index (χ4n) is 4.15. The Morgan fingerprint density at radius 1 is 1.09 bits per heavy atom. The molecular weight excluding hydrogens is 474 g/mol. The summed E-state index contributed by atoms with van der Waals surface area (Å²) in [6.45, 7) is 4.93. The molecule has 1 amide bonds. The first-order valence-electron chi connectivity index (χ1n) is 12.1. The van der Waals surface area contributed by atoms with Gasteiger partial charge in [-0.1, -0.05) is 74.8 Å². The first-order valence-corrected chi connectivity index (χ1v) is 13.3. The summed E-state index contributed by atoms with van der Waals surface area (Å²) in [5.41, 5.74) is 4.71. The van der Waals surface area contributed by atoms with Gasteiger partial charge in [-0.3, -0.25) is 9.69 Å². The van der Waals surface area contributed by atoms with Crippen LogP contribution in [0.25, 0.3) is 23.0 Å². The Kier molecular flexibility index (Phi) is 8.42. The van der Waals surface area contributed by atoms with Gasteiger partial charge in [0, 0.05) is 23.9 Å². The molecule has 1 aliphatic heterocycles. The number of hydrogen-bond donors (Lipinski definition) is 0. The molecule has 0 spiro atoms. The molecule has 0 saturated carbocycles. The number of benzene rings is 2. The van der Waals surface area contributed by atoms with Crippen LogP contribution in [0.5, 0.6) is 5.75 Å². The summed E-state index contributed by atoms with van der Waals surface area (Å²) in [7, 11) is 1.66. The number of rotatable bonds is 10. The predicted octanol–water partition coefficient (Wildman–Crippen LogP) is 7.03. The van der Waals surface area contributed by atoms with Crippen molar-refractivity contribution in [3.63, 3.8) is 0 Å². The predicted molar refractivity (Wildman–Crippen MR) is 149 cm³/mol. The van der Waals surface area contributed by atoms with Gasteiger partial charge in [-0.15, -0.1) is 0 Å². The van der Waals surface area contributed by atoms with E-state index in [2.05, 4.69) is 6.92 Å². The first kappa shape index (κ1) is 25.2. The minimum atomic E-state index is -0.0136. The van der Waals surface area contributed by atoms with Crippen LogP contribution in [0, 0.1) is 6.92 Å². The Morgan fingerprint density at radius 3 is 2.57 bits per heavy atom. The van der Waals surface area contributed by atoms with Crippen molar-refractivity contribution in [2.24, 2.45) is 0 Å². The van der Waals surface area contributed by atoms with E-state index in [9.17, 15) is 4.79 Å². The van der Waals surface area contributed by atoms with Gasteiger partial charge < -0.3 is 4.74 Å². The zero-order valence-corrected chi connectivity index (χ0v) is 22.1. The zero-order chi connectivity index (χ0) is 24.8. The molecule has 35 heavy (non-hydrogen) atoms. The summed E-state index contributed by atoms with van der Waals surface area (Å²) in [4.78, 5) is 15.6. The number of ether oxygens (including phenoxy) is 1. The number of aromatic nitrogens is 2. The SMILES string of the molecule is CCCCCCCN1C(=O)/C(=C/c2cn(-c3ccccc3)nc2-c2ccc(OC)cc2C)SC1=S. The van der Waals surface area contributed by atoms with Crippen LogP contribution in [-0.2, 0) is 4.79 Å². The Labute approximate surface area is 217 Å². The summed E-state index contributed by atoms with van der Waals surface area (Å²) in [6, 6.07) is 15.9. The Morgan fingerprint density at radius 2 is 1.86 bits per heavy atom. The van der Waals surface area contributed by atoms with Crippen LogP contribution in [-0.4, -0.2) is 38.6 Å². The highest BCUT2D eigenvalue weighted by molar-refractivity contribution is 8.26. The molecule has 1 fully saturated rings. The summed E-state index contributed by atoms with van der Waals surface area (Å²) < 4.78 is 7.88. The van der Waals surface area contributed by atoms with Crippen molar-refractivity contribution < 1.29 is 9.53 Å². The van der Waals surface area contributed by atoms with E-state index >= 15 is 0 Å². The van der Waals surface area contributed by atoms with Crippen LogP contribution < -0.4 is 4.74 Å². The van der Waals surface area contributed by atoms with Crippen LogP contribution >= 0.6 is 24.0 Å². The van der Waals surface area contributed by atoms with Gasteiger partial charge in [-0.25, -0.2) is 4.68 Å². The number of thiocarbonyl (C=S) groups is 1. The smallest absolute Gasteiger partial charge is 0.266 e. The largest absolute Gasteiger partial charge is 0.497 e. The fraction of sp³-hybridized carbons (Fsp3) is 0.321. The molecule has 5 nitrogen and oxygen atoms in total. The maximum absolute atomic E-state index is 13.2. The maximum Gasteiger partial charge on any atom is 0.266 e. The lowest BCUT2D eigenvalue weighted by atomic mass is 10.0. The molecule has 1 saturated heterocycles. The average Bonchev–Trinajstić information content (AvgIpc) is 3.40. The summed E-state index contributed by atoms with van der Waals surface area (Å²) >= 11 is 6.94. The highest BCUT2D eigenvalue weighted by atomic mass is 32.2. The number of hydrogen-bond acceptors (Lipinski definition) is 5. The number of carbonyl (C=O) groups is 1. The third-order valence-corrected chi connectivity index (χ3v) is 7.48. The maximum atomic E-state index is 13.2. The van der Waals surface area contributed by atoms with Gasteiger partial charge in [0.15, 0.2) is 0 Å². The molecule has 4 rings (SSSR count). The Balaban J connectivity index is 1.66. The third-order valence-electron chi connectivity index (χ3n) is 6.10. The van der Waals surface area contributed by atoms with Crippen molar-refractivity contribution in [2.75, 3.05) is 13.7 Å². The van der Waals surface area contributed by atoms with Crippen molar-refractivity contribution in [3.05, 3.63) is 70.8 Å². The third kappa shape index (κ3) is 5.85. The number of thioether (sulfide) groups is 1. The van der Waals surface area contributed by atoms with E-state index in [1.807, 2.05) is 72.4 Å². The molecule has 1 aromatic heterocycles. The van der Waals surface area contributed by atoms with Gasteiger partial charge in [0.1, 0.15) is 15.8 Å². The van der Waals surface area contributed by atoms with E-state index in [0.29, 0.717) is 15.8 Å².